The van der Waals surface area contributed by atoms with E-state index in [1.165, 1.54) is 19.3 Å². The van der Waals surface area contributed by atoms with Crippen LogP contribution in [0.4, 0.5) is 0 Å². The number of hydrogen-bond acceptors (Lipinski definition) is 3. The highest BCUT2D eigenvalue weighted by atomic mass is 16.3. The first-order chi connectivity index (χ1) is 7.38. The average molecular weight is 202 g/mol. The molecule has 1 aromatic rings. The van der Waals surface area contributed by atoms with Crippen LogP contribution in [0, 0.1) is 11.3 Å². The summed E-state index contributed by atoms with van der Waals surface area (Å²) in [6, 6.07) is 5.98. The van der Waals surface area contributed by atoms with Crippen molar-refractivity contribution in [1.29, 1.82) is 5.26 Å². The van der Waals surface area contributed by atoms with Gasteiger partial charge in [-0.05, 0) is 31.4 Å². The first kappa shape index (κ1) is 10.0. The minimum atomic E-state index is 0.381. The van der Waals surface area contributed by atoms with Crippen molar-refractivity contribution in [2.75, 3.05) is 0 Å². The standard InChI is InChI=1S/C12H14N2O/c13-8-11-6-7-12(15-11)9-14-10-4-2-1-3-5-10/h2,4,6-7,10,14H,1,3,5,9H2. The fourth-order valence-corrected chi connectivity index (χ4v) is 1.75. The van der Waals surface area contributed by atoms with Gasteiger partial charge < -0.3 is 9.73 Å². The summed E-state index contributed by atoms with van der Waals surface area (Å²) in [6.45, 7) is 0.691. The van der Waals surface area contributed by atoms with Crippen LogP contribution < -0.4 is 5.32 Å². The normalized spacial score (nSPS) is 20.1. The van der Waals surface area contributed by atoms with E-state index < -0.39 is 0 Å². The Kier molecular flexibility index (Phi) is 3.21. The summed E-state index contributed by atoms with van der Waals surface area (Å²) in [5.41, 5.74) is 0. The first-order valence-corrected chi connectivity index (χ1v) is 5.27. The summed E-state index contributed by atoms with van der Waals surface area (Å²) in [5.74, 6) is 1.21. The minimum absolute atomic E-state index is 0.381. The maximum atomic E-state index is 8.59. The first-order valence-electron chi connectivity index (χ1n) is 5.27. The lowest BCUT2D eigenvalue weighted by Crippen LogP contribution is -2.27. The zero-order valence-corrected chi connectivity index (χ0v) is 8.57. The van der Waals surface area contributed by atoms with Crippen LogP contribution in [0.1, 0.15) is 30.8 Å². The molecule has 0 spiro atoms. The Morgan fingerprint density at radius 1 is 1.53 bits per heavy atom. The van der Waals surface area contributed by atoms with Gasteiger partial charge in [0.05, 0.1) is 6.54 Å². The summed E-state index contributed by atoms with van der Waals surface area (Å²) in [5, 5.41) is 12.0. The molecule has 3 nitrogen and oxygen atoms in total. The van der Waals surface area contributed by atoms with Crippen LogP contribution in [0.25, 0.3) is 0 Å². The second kappa shape index (κ2) is 4.81. The van der Waals surface area contributed by atoms with Crippen molar-refractivity contribution in [2.24, 2.45) is 0 Å². The van der Waals surface area contributed by atoms with Crippen LogP contribution in [-0.2, 0) is 6.54 Å². The molecule has 0 saturated carbocycles. The van der Waals surface area contributed by atoms with E-state index in [0.717, 1.165) is 5.76 Å². The highest BCUT2D eigenvalue weighted by molar-refractivity contribution is 5.19. The number of nitriles is 1. The molecule has 0 fully saturated rings. The van der Waals surface area contributed by atoms with Crippen LogP contribution in [0.5, 0.6) is 0 Å². The Bertz CT molecular complexity index is 387. The van der Waals surface area contributed by atoms with Crippen molar-refractivity contribution >= 4 is 0 Å². The van der Waals surface area contributed by atoms with Gasteiger partial charge in [0.1, 0.15) is 11.8 Å². The predicted octanol–water partition coefficient (Wildman–Crippen LogP) is 2.35. The van der Waals surface area contributed by atoms with Crippen molar-refractivity contribution in [1.82, 2.24) is 5.32 Å². The summed E-state index contributed by atoms with van der Waals surface area (Å²) >= 11 is 0. The van der Waals surface area contributed by atoms with Crippen molar-refractivity contribution in [3.63, 3.8) is 0 Å². The van der Waals surface area contributed by atoms with Gasteiger partial charge in [0, 0.05) is 6.04 Å². The van der Waals surface area contributed by atoms with Gasteiger partial charge in [-0.3, -0.25) is 0 Å². The molecule has 1 aromatic heterocycles. The number of allylic oxidation sites excluding steroid dienone is 1. The minimum Gasteiger partial charge on any atom is -0.449 e. The van der Waals surface area contributed by atoms with Gasteiger partial charge in [-0.15, -0.1) is 0 Å². The maximum absolute atomic E-state index is 8.59. The highest BCUT2D eigenvalue weighted by Gasteiger charge is 2.08. The zero-order valence-electron chi connectivity index (χ0n) is 8.57. The van der Waals surface area contributed by atoms with Gasteiger partial charge in [-0.2, -0.15) is 5.26 Å². The van der Waals surface area contributed by atoms with Crippen LogP contribution in [-0.4, -0.2) is 6.04 Å². The van der Waals surface area contributed by atoms with Crippen molar-refractivity contribution in [2.45, 2.75) is 31.8 Å². The summed E-state index contributed by atoms with van der Waals surface area (Å²) in [4.78, 5) is 0. The SMILES string of the molecule is N#Cc1ccc(CNC2C=CCCC2)o1. The molecule has 1 atom stereocenters. The average Bonchev–Trinajstić information content (AvgIpc) is 2.76. The van der Waals surface area contributed by atoms with E-state index in [9.17, 15) is 0 Å². The van der Waals surface area contributed by atoms with Gasteiger partial charge in [0.25, 0.3) is 0 Å². The second-order valence-corrected chi connectivity index (χ2v) is 3.72. The van der Waals surface area contributed by atoms with Crippen molar-refractivity contribution < 1.29 is 4.42 Å². The summed E-state index contributed by atoms with van der Waals surface area (Å²) < 4.78 is 5.28. The molecule has 2 rings (SSSR count). The van der Waals surface area contributed by atoms with Gasteiger partial charge in [-0.1, -0.05) is 12.2 Å². The molecule has 0 aliphatic heterocycles. The van der Waals surface area contributed by atoms with Gasteiger partial charge >= 0.3 is 0 Å². The van der Waals surface area contributed by atoms with Crippen molar-refractivity contribution in [3.05, 3.63) is 35.8 Å². The molecule has 1 heterocycles. The molecule has 0 amide bonds. The maximum Gasteiger partial charge on any atom is 0.203 e. The molecule has 3 heteroatoms. The number of rotatable bonds is 3. The van der Waals surface area contributed by atoms with E-state index in [1.807, 2.05) is 12.1 Å². The lowest BCUT2D eigenvalue weighted by Gasteiger charge is -2.16. The largest absolute Gasteiger partial charge is 0.449 e. The van der Waals surface area contributed by atoms with Crippen LogP contribution >= 0.6 is 0 Å². The Labute approximate surface area is 89.4 Å². The molecule has 1 unspecified atom stereocenters. The molecule has 0 aromatic carbocycles. The van der Waals surface area contributed by atoms with E-state index in [0.29, 0.717) is 18.3 Å². The molecular formula is C12H14N2O. The Morgan fingerprint density at radius 3 is 3.13 bits per heavy atom. The van der Waals surface area contributed by atoms with E-state index in [4.69, 9.17) is 9.68 Å². The second-order valence-electron chi connectivity index (χ2n) is 3.72. The monoisotopic (exact) mass is 202 g/mol. The number of furan rings is 1. The number of nitrogens with zero attached hydrogens (tertiary/aromatic N) is 1. The Morgan fingerprint density at radius 2 is 2.47 bits per heavy atom. The van der Waals surface area contributed by atoms with Crippen LogP contribution in [0.15, 0.2) is 28.7 Å². The molecule has 15 heavy (non-hydrogen) atoms. The van der Waals surface area contributed by atoms with Crippen LogP contribution in [0.3, 0.4) is 0 Å². The molecule has 1 N–H and O–H groups in total. The highest BCUT2D eigenvalue weighted by Crippen LogP contribution is 2.12. The zero-order chi connectivity index (χ0) is 10.5. The third kappa shape index (κ3) is 2.71. The van der Waals surface area contributed by atoms with Gasteiger partial charge in [-0.25, -0.2) is 0 Å². The van der Waals surface area contributed by atoms with E-state index >= 15 is 0 Å². The molecule has 0 radical (unpaired) electrons. The lowest BCUT2D eigenvalue weighted by atomic mass is 10.0. The Balaban J connectivity index is 1.85. The summed E-state index contributed by atoms with van der Waals surface area (Å²) in [6.07, 6.45) is 8.04. The summed E-state index contributed by atoms with van der Waals surface area (Å²) in [7, 11) is 0. The quantitative estimate of drug-likeness (QED) is 0.765. The van der Waals surface area contributed by atoms with E-state index in [-0.39, 0.29) is 0 Å². The molecule has 0 bridgehead atoms. The molecule has 78 valence electrons. The third-order valence-electron chi connectivity index (χ3n) is 2.56. The topological polar surface area (TPSA) is 49.0 Å². The lowest BCUT2D eigenvalue weighted by molar-refractivity contribution is 0.445. The molecule has 0 saturated heterocycles. The molecule has 1 aliphatic carbocycles. The van der Waals surface area contributed by atoms with E-state index in [2.05, 4.69) is 17.5 Å². The predicted molar refractivity (Wildman–Crippen MR) is 57.0 cm³/mol. The van der Waals surface area contributed by atoms with E-state index in [1.54, 1.807) is 6.07 Å². The smallest absolute Gasteiger partial charge is 0.203 e. The van der Waals surface area contributed by atoms with Gasteiger partial charge in [0.15, 0.2) is 0 Å². The fourth-order valence-electron chi connectivity index (χ4n) is 1.75. The fraction of sp³-hybridized carbons (Fsp3) is 0.417. The Hall–Kier alpha value is -1.53. The molecular weight excluding hydrogens is 188 g/mol. The van der Waals surface area contributed by atoms with Crippen molar-refractivity contribution in [3.8, 4) is 6.07 Å². The molecule has 1 aliphatic rings. The number of nitrogens with one attached hydrogen (secondary N) is 1. The van der Waals surface area contributed by atoms with Crippen LogP contribution in [0.2, 0.25) is 0 Å². The van der Waals surface area contributed by atoms with Gasteiger partial charge in [0.2, 0.25) is 5.76 Å². The third-order valence-corrected chi connectivity index (χ3v) is 2.56. The number of hydrogen-bond donors (Lipinski definition) is 1.